The van der Waals surface area contributed by atoms with E-state index in [9.17, 15) is 9.90 Å². The second-order valence-electron chi connectivity index (χ2n) is 5.23. The summed E-state index contributed by atoms with van der Waals surface area (Å²) in [6.07, 6.45) is 3.66. The molecule has 1 aromatic heterocycles. The van der Waals surface area contributed by atoms with E-state index in [0.29, 0.717) is 5.92 Å². The molecule has 0 aromatic carbocycles. The van der Waals surface area contributed by atoms with Gasteiger partial charge in [-0.3, -0.25) is 4.79 Å². The summed E-state index contributed by atoms with van der Waals surface area (Å²) in [7, 11) is 0. The van der Waals surface area contributed by atoms with Crippen LogP contribution in [0.4, 0.5) is 0 Å². The largest absolute Gasteiger partial charge is 0.393 e. The van der Waals surface area contributed by atoms with Gasteiger partial charge in [-0.1, -0.05) is 0 Å². The third-order valence-electron chi connectivity index (χ3n) is 3.76. The Bertz CT molecular complexity index is 400. The maximum Gasteiger partial charge on any atom is 0.261 e. The Balaban J connectivity index is 1.81. The molecule has 1 aromatic rings. The number of rotatable bonds is 3. The molecule has 1 saturated carbocycles. The molecule has 18 heavy (non-hydrogen) atoms. The zero-order chi connectivity index (χ0) is 13.1. The maximum atomic E-state index is 12.0. The number of thiophene rings is 1. The van der Waals surface area contributed by atoms with Crippen LogP contribution < -0.4 is 5.32 Å². The smallest absolute Gasteiger partial charge is 0.261 e. The lowest BCUT2D eigenvalue weighted by atomic mass is 9.87. The summed E-state index contributed by atoms with van der Waals surface area (Å²) >= 11 is 1.56. The van der Waals surface area contributed by atoms with Gasteiger partial charge in [0.2, 0.25) is 0 Å². The van der Waals surface area contributed by atoms with E-state index in [4.69, 9.17) is 0 Å². The molecule has 0 atom stereocenters. The Morgan fingerprint density at radius 1 is 1.39 bits per heavy atom. The lowest BCUT2D eigenvalue weighted by Crippen LogP contribution is -2.31. The SMILES string of the molecule is Cc1cc(C(=O)NCC2CCC(O)CC2)sc1C. The van der Waals surface area contributed by atoms with E-state index in [1.54, 1.807) is 11.3 Å². The van der Waals surface area contributed by atoms with Crippen LogP contribution in [-0.4, -0.2) is 23.7 Å². The fourth-order valence-corrected chi connectivity index (χ4v) is 3.31. The molecule has 100 valence electrons. The first kappa shape index (κ1) is 13.6. The number of amides is 1. The summed E-state index contributed by atoms with van der Waals surface area (Å²) in [5, 5.41) is 12.4. The highest BCUT2D eigenvalue weighted by Gasteiger charge is 2.20. The highest BCUT2D eigenvalue weighted by atomic mass is 32.1. The number of hydrogen-bond donors (Lipinski definition) is 2. The molecular formula is C14H21NO2S. The number of aryl methyl sites for hydroxylation is 2. The van der Waals surface area contributed by atoms with Gasteiger partial charge in [-0.2, -0.15) is 0 Å². The monoisotopic (exact) mass is 267 g/mol. The molecule has 0 aliphatic heterocycles. The predicted octanol–water partition coefficient (Wildman–Crippen LogP) is 2.65. The highest BCUT2D eigenvalue weighted by Crippen LogP contribution is 2.24. The number of aliphatic hydroxyl groups excluding tert-OH is 1. The average Bonchev–Trinajstić information content (AvgIpc) is 2.69. The van der Waals surface area contributed by atoms with Crippen LogP contribution in [0.1, 0.15) is 45.8 Å². The van der Waals surface area contributed by atoms with Crippen molar-refractivity contribution < 1.29 is 9.90 Å². The number of carbonyl (C=O) groups is 1. The second-order valence-corrected chi connectivity index (χ2v) is 6.49. The quantitative estimate of drug-likeness (QED) is 0.884. The Morgan fingerprint density at radius 2 is 2.06 bits per heavy atom. The molecule has 1 heterocycles. The topological polar surface area (TPSA) is 49.3 Å². The van der Waals surface area contributed by atoms with Gasteiger partial charge in [0, 0.05) is 11.4 Å². The Kier molecular flexibility index (Phi) is 4.40. The third-order valence-corrected chi connectivity index (χ3v) is 4.91. The number of hydrogen-bond acceptors (Lipinski definition) is 3. The van der Waals surface area contributed by atoms with Crippen LogP contribution in [0.5, 0.6) is 0 Å². The van der Waals surface area contributed by atoms with Crippen molar-refractivity contribution in [3.63, 3.8) is 0 Å². The Hall–Kier alpha value is -0.870. The van der Waals surface area contributed by atoms with Crippen molar-refractivity contribution in [2.45, 2.75) is 45.6 Å². The van der Waals surface area contributed by atoms with Crippen molar-refractivity contribution >= 4 is 17.2 Å². The number of carbonyl (C=O) groups excluding carboxylic acids is 1. The summed E-state index contributed by atoms with van der Waals surface area (Å²) in [6, 6.07) is 1.96. The minimum Gasteiger partial charge on any atom is -0.393 e. The lowest BCUT2D eigenvalue weighted by Gasteiger charge is -2.25. The first-order chi connectivity index (χ1) is 8.56. The Morgan fingerprint density at radius 3 is 2.61 bits per heavy atom. The van der Waals surface area contributed by atoms with Crippen molar-refractivity contribution in [2.24, 2.45) is 5.92 Å². The highest BCUT2D eigenvalue weighted by molar-refractivity contribution is 7.14. The number of nitrogens with one attached hydrogen (secondary N) is 1. The van der Waals surface area contributed by atoms with Crippen molar-refractivity contribution in [3.05, 3.63) is 21.4 Å². The van der Waals surface area contributed by atoms with E-state index in [-0.39, 0.29) is 12.0 Å². The van der Waals surface area contributed by atoms with E-state index in [1.165, 1.54) is 10.4 Å². The van der Waals surface area contributed by atoms with Crippen molar-refractivity contribution in [3.8, 4) is 0 Å². The van der Waals surface area contributed by atoms with Gasteiger partial charge in [-0.15, -0.1) is 11.3 Å². The van der Waals surface area contributed by atoms with Gasteiger partial charge in [-0.25, -0.2) is 0 Å². The summed E-state index contributed by atoms with van der Waals surface area (Å²) < 4.78 is 0. The van der Waals surface area contributed by atoms with Crippen molar-refractivity contribution in [1.82, 2.24) is 5.32 Å². The van der Waals surface area contributed by atoms with Gasteiger partial charge in [0.15, 0.2) is 0 Å². The maximum absolute atomic E-state index is 12.0. The molecule has 1 aliphatic carbocycles. The zero-order valence-electron chi connectivity index (χ0n) is 11.0. The predicted molar refractivity (Wildman–Crippen MR) is 74.1 cm³/mol. The fraction of sp³-hybridized carbons (Fsp3) is 0.643. The van der Waals surface area contributed by atoms with Gasteiger partial charge in [0.25, 0.3) is 5.91 Å². The average molecular weight is 267 g/mol. The second kappa shape index (κ2) is 5.85. The molecule has 0 spiro atoms. The standard InChI is InChI=1S/C14H21NO2S/c1-9-7-13(18-10(9)2)14(17)15-8-11-3-5-12(16)6-4-11/h7,11-12,16H,3-6,8H2,1-2H3,(H,15,17). The molecule has 1 aliphatic rings. The molecule has 4 heteroatoms. The zero-order valence-corrected chi connectivity index (χ0v) is 11.8. The number of aliphatic hydroxyl groups is 1. The summed E-state index contributed by atoms with van der Waals surface area (Å²) in [5.74, 6) is 0.571. The first-order valence-electron chi connectivity index (χ1n) is 6.59. The van der Waals surface area contributed by atoms with Crippen LogP contribution in [0, 0.1) is 19.8 Å². The summed E-state index contributed by atoms with van der Waals surface area (Å²) in [4.78, 5) is 14.0. The van der Waals surface area contributed by atoms with E-state index in [0.717, 1.165) is 37.1 Å². The van der Waals surface area contributed by atoms with Gasteiger partial charge in [-0.05, 0) is 57.1 Å². The Labute approximate surface area is 112 Å². The lowest BCUT2D eigenvalue weighted by molar-refractivity contribution is 0.0913. The molecule has 3 nitrogen and oxygen atoms in total. The van der Waals surface area contributed by atoms with Gasteiger partial charge < -0.3 is 10.4 Å². The van der Waals surface area contributed by atoms with E-state index in [2.05, 4.69) is 5.32 Å². The van der Waals surface area contributed by atoms with Crippen LogP contribution in [-0.2, 0) is 0 Å². The first-order valence-corrected chi connectivity index (χ1v) is 7.41. The van der Waals surface area contributed by atoms with Crippen LogP contribution in [0.3, 0.4) is 0 Å². The molecule has 1 amide bonds. The summed E-state index contributed by atoms with van der Waals surface area (Å²) in [6.45, 7) is 4.81. The molecule has 0 bridgehead atoms. The normalized spacial score (nSPS) is 23.9. The third kappa shape index (κ3) is 3.33. The minimum atomic E-state index is -0.125. The minimum absolute atomic E-state index is 0.0438. The molecule has 1 fully saturated rings. The van der Waals surface area contributed by atoms with Gasteiger partial charge in [0.1, 0.15) is 0 Å². The molecule has 0 unspecified atom stereocenters. The molecule has 0 radical (unpaired) electrons. The van der Waals surface area contributed by atoms with Crippen molar-refractivity contribution in [1.29, 1.82) is 0 Å². The summed E-state index contributed by atoms with van der Waals surface area (Å²) in [5.41, 5.74) is 1.19. The molecular weight excluding hydrogens is 246 g/mol. The molecule has 2 rings (SSSR count). The van der Waals surface area contributed by atoms with Crippen LogP contribution in [0.2, 0.25) is 0 Å². The van der Waals surface area contributed by atoms with E-state index < -0.39 is 0 Å². The van der Waals surface area contributed by atoms with E-state index >= 15 is 0 Å². The van der Waals surface area contributed by atoms with Crippen molar-refractivity contribution in [2.75, 3.05) is 6.54 Å². The fourth-order valence-electron chi connectivity index (χ4n) is 2.36. The molecule has 2 N–H and O–H groups in total. The van der Waals surface area contributed by atoms with Crippen LogP contribution in [0.15, 0.2) is 6.07 Å². The van der Waals surface area contributed by atoms with Gasteiger partial charge in [0.05, 0.1) is 11.0 Å². The van der Waals surface area contributed by atoms with Gasteiger partial charge >= 0.3 is 0 Å². The van der Waals surface area contributed by atoms with E-state index in [1.807, 2.05) is 19.9 Å². The van der Waals surface area contributed by atoms with Crippen LogP contribution >= 0.6 is 11.3 Å². The van der Waals surface area contributed by atoms with Crippen LogP contribution in [0.25, 0.3) is 0 Å². The molecule has 0 saturated heterocycles.